The number of nitrogens with zero attached hydrogens (tertiary/aromatic N) is 2. The number of halogens is 1. The van der Waals surface area contributed by atoms with Crippen molar-refractivity contribution in [2.45, 2.75) is 37.0 Å². The van der Waals surface area contributed by atoms with E-state index >= 15 is 0 Å². The van der Waals surface area contributed by atoms with E-state index in [0.717, 1.165) is 27.5 Å². The second-order valence-electron chi connectivity index (χ2n) is 7.07. The van der Waals surface area contributed by atoms with Crippen LogP contribution in [0.4, 0.5) is 5.82 Å². The third-order valence-corrected chi connectivity index (χ3v) is 5.46. The van der Waals surface area contributed by atoms with Crippen LogP contribution in [0.2, 0.25) is 0 Å². The van der Waals surface area contributed by atoms with Crippen molar-refractivity contribution in [3.8, 4) is 11.3 Å². The fourth-order valence-electron chi connectivity index (χ4n) is 2.62. The number of carbonyl (C=O) groups is 1. The minimum atomic E-state index is -0.854. The molecule has 0 radical (unpaired) electrons. The average Bonchev–Trinajstić information content (AvgIpc) is 2.67. The number of carboxylic acid groups (broad SMARTS) is 1. The first-order chi connectivity index (χ1) is 13.3. The van der Waals surface area contributed by atoms with Gasteiger partial charge in [0.15, 0.2) is 0 Å². The van der Waals surface area contributed by atoms with E-state index in [1.807, 2.05) is 42.5 Å². The van der Waals surface area contributed by atoms with Crippen molar-refractivity contribution in [2.75, 3.05) is 5.32 Å². The molecule has 0 saturated carbocycles. The van der Waals surface area contributed by atoms with Crippen LogP contribution in [0.3, 0.4) is 0 Å². The molecule has 2 aromatic carbocycles. The summed E-state index contributed by atoms with van der Waals surface area (Å²) in [4.78, 5) is 20.8. The number of hydrogen-bond acceptors (Lipinski definition) is 5. The van der Waals surface area contributed by atoms with E-state index in [2.05, 4.69) is 34.3 Å². The molecule has 3 rings (SSSR count). The Morgan fingerprint density at radius 1 is 1.10 bits per heavy atom. The minimum Gasteiger partial charge on any atom is -0.480 e. The van der Waals surface area contributed by atoms with Crippen LogP contribution in [0, 0.1) is 6.92 Å². The van der Waals surface area contributed by atoms with E-state index in [1.165, 1.54) is 17.3 Å². The van der Waals surface area contributed by atoms with E-state index in [4.69, 9.17) is 0 Å². The maximum Gasteiger partial charge on any atom is 0.319 e. The molecule has 0 bridgehead atoms. The van der Waals surface area contributed by atoms with Gasteiger partial charge in [0.05, 0.1) is 5.69 Å². The van der Waals surface area contributed by atoms with Crippen LogP contribution in [0.5, 0.6) is 0 Å². The molecule has 0 aliphatic carbocycles. The van der Waals surface area contributed by atoms with Gasteiger partial charge in [-0.1, -0.05) is 35.9 Å². The largest absolute Gasteiger partial charge is 0.480 e. The van der Waals surface area contributed by atoms with Crippen LogP contribution in [0.1, 0.15) is 25.0 Å². The first-order valence-electron chi connectivity index (χ1n) is 8.98. The molecule has 0 amide bonds. The van der Waals surface area contributed by atoms with Crippen molar-refractivity contribution in [3.05, 3.63) is 72.1 Å². The van der Waals surface area contributed by atoms with Crippen LogP contribution < -0.4 is 5.32 Å². The van der Waals surface area contributed by atoms with Gasteiger partial charge in [-0.25, -0.2) is 9.97 Å². The smallest absolute Gasteiger partial charge is 0.319 e. The molecule has 3 aromatic rings. The quantitative estimate of drug-likeness (QED) is 0.487. The Kier molecular flexibility index (Phi) is 7.65. The van der Waals surface area contributed by atoms with Gasteiger partial charge in [0, 0.05) is 23.1 Å². The molecule has 0 fully saturated rings. The number of rotatable bonds is 7. The predicted octanol–water partition coefficient (Wildman–Crippen LogP) is 5.44. The number of aryl methyl sites for hydroxylation is 1. The van der Waals surface area contributed by atoms with Gasteiger partial charge in [0.2, 0.25) is 0 Å². The van der Waals surface area contributed by atoms with Crippen molar-refractivity contribution in [1.29, 1.82) is 0 Å². The number of anilines is 1. The van der Waals surface area contributed by atoms with E-state index in [-0.39, 0.29) is 12.4 Å². The van der Waals surface area contributed by atoms with Gasteiger partial charge in [-0.05, 0) is 44.5 Å². The Hall–Kier alpha value is -2.57. The van der Waals surface area contributed by atoms with Crippen LogP contribution in [-0.4, -0.2) is 25.8 Å². The maximum atomic E-state index is 11.3. The van der Waals surface area contributed by atoms with Gasteiger partial charge < -0.3 is 10.4 Å². The molecule has 0 aliphatic heterocycles. The molecule has 5 nitrogen and oxygen atoms in total. The Morgan fingerprint density at radius 2 is 1.83 bits per heavy atom. The monoisotopic (exact) mass is 429 g/mol. The summed E-state index contributed by atoms with van der Waals surface area (Å²) >= 11 is 1.34. The normalized spacial score (nSPS) is 10.9. The van der Waals surface area contributed by atoms with Crippen molar-refractivity contribution in [2.24, 2.45) is 0 Å². The number of hydrogen-bond donors (Lipinski definition) is 2. The highest BCUT2D eigenvalue weighted by Crippen LogP contribution is 2.32. The third-order valence-electron chi connectivity index (χ3n) is 4.27. The Morgan fingerprint density at radius 3 is 2.48 bits per heavy atom. The van der Waals surface area contributed by atoms with Gasteiger partial charge in [-0.2, -0.15) is 0 Å². The summed E-state index contributed by atoms with van der Waals surface area (Å²) in [7, 11) is 0. The SMILES string of the molecule is Cc1cccc(-c2cc(NCc3ccc(SC(C)(C)C(=O)O)cc3)ncn2)c1.Cl. The van der Waals surface area contributed by atoms with Crippen molar-refractivity contribution in [3.63, 3.8) is 0 Å². The van der Waals surface area contributed by atoms with Gasteiger partial charge >= 0.3 is 5.97 Å². The molecule has 0 aliphatic rings. The highest BCUT2D eigenvalue weighted by molar-refractivity contribution is 8.01. The van der Waals surface area contributed by atoms with Gasteiger partial charge in [0.1, 0.15) is 16.9 Å². The topological polar surface area (TPSA) is 75.1 Å². The highest BCUT2D eigenvalue weighted by atomic mass is 35.5. The van der Waals surface area contributed by atoms with E-state index in [9.17, 15) is 9.90 Å². The first kappa shape index (κ1) is 22.7. The molecule has 0 saturated heterocycles. The molecule has 7 heteroatoms. The van der Waals surface area contributed by atoms with Gasteiger partial charge in [-0.15, -0.1) is 24.2 Å². The second kappa shape index (κ2) is 9.76. The Bertz CT molecular complexity index is 978. The predicted molar refractivity (Wildman–Crippen MR) is 121 cm³/mol. The van der Waals surface area contributed by atoms with Crippen molar-refractivity contribution >= 4 is 36.0 Å². The van der Waals surface area contributed by atoms with Crippen LogP contribution in [0.15, 0.2) is 65.8 Å². The molecule has 29 heavy (non-hydrogen) atoms. The van der Waals surface area contributed by atoms with Crippen LogP contribution in [0.25, 0.3) is 11.3 Å². The number of aromatic nitrogens is 2. The molecule has 0 atom stereocenters. The summed E-state index contributed by atoms with van der Waals surface area (Å²) in [5.41, 5.74) is 4.22. The number of thioether (sulfide) groups is 1. The summed E-state index contributed by atoms with van der Waals surface area (Å²) in [6.45, 7) is 6.09. The Labute approximate surface area is 181 Å². The van der Waals surface area contributed by atoms with E-state index in [1.54, 1.807) is 20.2 Å². The van der Waals surface area contributed by atoms with E-state index < -0.39 is 10.7 Å². The molecule has 0 unspecified atom stereocenters. The molecule has 2 N–H and O–H groups in total. The third kappa shape index (κ3) is 6.21. The molecule has 152 valence electrons. The maximum absolute atomic E-state index is 11.3. The van der Waals surface area contributed by atoms with Crippen molar-refractivity contribution < 1.29 is 9.90 Å². The molecule has 1 aromatic heterocycles. The van der Waals surface area contributed by atoms with Gasteiger partial charge in [0.25, 0.3) is 0 Å². The lowest BCUT2D eigenvalue weighted by molar-refractivity contribution is -0.138. The molecular formula is C22H24ClN3O2S. The number of nitrogens with one attached hydrogen (secondary N) is 1. The fourth-order valence-corrected chi connectivity index (χ4v) is 3.57. The lowest BCUT2D eigenvalue weighted by Gasteiger charge is -2.18. The highest BCUT2D eigenvalue weighted by Gasteiger charge is 2.28. The summed E-state index contributed by atoms with van der Waals surface area (Å²) in [6.07, 6.45) is 1.56. The zero-order valence-corrected chi connectivity index (χ0v) is 18.2. The molecule has 0 spiro atoms. The summed E-state index contributed by atoms with van der Waals surface area (Å²) in [6, 6.07) is 18.0. The van der Waals surface area contributed by atoms with Gasteiger partial charge in [-0.3, -0.25) is 4.79 Å². The first-order valence-corrected chi connectivity index (χ1v) is 9.79. The number of carboxylic acids is 1. The molecular weight excluding hydrogens is 406 g/mol. The Balaban J connectivity index is 0.00000300. The number of benzene rings is 2. The summed E-state index contributed by atoms with van der Waals surface area (Å²) in [5, 5.41) is 12.6. The summed E-state index contributed by atoms with van der Waals surface area (Å²) < 4.78 is -0.854. The van der Waals surface area contributed by atoms with Crippen LogP contribution in [-0.2, 0) is 11.3 Å². The molecule has 1 heterocycles. The average molecular weight is 430 g/mol. The van der Waals surface area contributed by atoms with E-state index in [0.29, 0.717) is 6.54 Å². The zero-order valence-electron chi connectivity index (χ0n) is 16.5. The minimum absolute atomic E-state index is 0. The standard InChI is InChI=1S/C22H23N3O2S.ClH/c1-15-5-4-6-17(11-15)19-12-20(25-14-24-19)23-13-16-7-9-18(10-8-16)28-22(2,3)21(26)27;/h4-12,14H,13H2,1-3H3,(H,26,27)(H,23,24,25);1H. The second-order valence-corrected chi connectivity index (χ2v) is 8.77. The number of aliphatic carboxylic acids is 1. The lowest BCUT2D eigenvalue weighted by Crippen LogP contribution is -2.26. The lowest BCUT2D eigenvalue weighted by atomic mass is 10.1. The fraction of sp³-hybridized carbons (Fsp3) is 0.227. The summed E-state index contributed by atoms with van der Waals surface area (Å²) in [5.74, 6) is -0.0617. The van der Waals surface area contributed by atoms with Crippen LogP contribution >= 0.6 is 24.2 Å². The van der Waals surface area contributed by atoms with Crippen molar-refractivity contribution in [1.82, 2.24) is 9.97 Å². The zero-order chi connectivity index (χ0) is 20.1.